The Morgan fingerprint density at radius 1 is 0.370 bits per heavy atom. The third kappa shape index (κ3) is 14.7. The zero-order chi connectivity index (χ0) is 49.9. The fourth-order valence-electron chi connectivity index (χ4n) is 9.21. The van der Waals surface area contributed by atoms with Crippen LogP contribution in [0.2, 0.25) is 0 Å². The summed E-state index contributed by atoms with van der Waals surface area (Å²) in [6.45, 7) is 3.42. The Morgan fingerprint density at radius 3 is 1.11 bits per heavy atom. The highest BCUT2D eigenvalue weighted by atomic mass is 16.8. The summed E-state index contributed by atoms with van der Waals surface area (Å²) in [6, 6.07) is 69.2. The molecule has 11 heteroatoms. The van der Waals surface area contributed by atoms with Crippen LogP contribution in [-0.4, -0.2) is 73.8 Å². The first kappa shape index (κ1) is 51.5. The van der Waals surface area contributed by atoms with Crippen molar-refractivity contribution in [2.24, 2.45) is 0 Å². The molecule has 2 heterocycles. The minimum absolute atomic E-state index is 0.0338. The smallest absolute Gasteiger partial charge is 0.338 e. The molecular formula is C62H64O11. The van der Waals surface area contributed by atoms with Gasteiger partial charge in [-0.25, -0.2) is 4.79 Å². The number of ether oxygens (including phenoxy) is 10. The van der Waals surface area contributed by atoms with Gasteiger partial charge in [0, 0.05) is 0 Å². The van der Waals surface area contributed by atoms with E-state index in [1.807, 2.05) is 219 Å². The molecule has 0 aromatic heterocycles. The second-order valence-corrected chi connectivity index (χ2v) is 18.4. The molecule has 0 bridgehead atoms. The molecule has 0 aliphatic carbocycles. The van der Waals surface area contributed by atoms with E-state index in [1.54, 1.807) is 0 Å². The maximum Gasteiger partial charge on any atom is 0.338 e. The lowest BCUT2D eigenvalue weighted by Gasteiger charge is -2.53. The van der Waals surface area contributed by atoms with Crippen LogP contribution in [0.1, 0.15) is 45.9 Å². The Hall–Kier alpha value is -6.35. The maximum atomic E-state index is 14.5. The van der Waals surface area contributed by atoms with Gasteiger partial charge in [-0.05, 0) is 45.9 Å². The van der Waals surface area contributed by atoms with Gasteiger partial charge in [0.2, 0.25) is 0 Å². The largest absolute Gasteiger partial charge is 0.455 e. The SMILES string of the molecule is C[C@]1(O[C@H]2[C@H](OCc3ccccc3)[C@@H](OCc3ccccc3)C(=O)O[C@@H]2COCc2ccccc2)O[C@H](COCc2ccccc2)[C@@H](OCc2ccccc2)[C@H](OCc2ccccc2)[C@H]1OCc1ccccc1. The molecule has 7 aromatic rings. The molecule has 2 aliphatic heterocycles. The number of carbonyl (C=O) groups is 1. The summed E-state index contributed by atoms with van der Waals surface area (Å²) in [5.74, 6) is -2.26. The number of benzene rings is 7. The molecule has 73 heavy (non-hydrogen) atoms. The molecule has 2 aliphatic rings. The topological polar surface area (TPSA) is 109 Å². The molecule has 0 amide bonds. The maximum absolute atomic E-state index is 14.5. The fraction of sp³-hybridized carbons (Fsp3) is 0.306. The summed E-state index contributed by atoms with van der Waals surface area (Å²) in [6.07, 6.45) is -7.59. The van der Waals surface area contributed by atoms with E-state index < -0.39 is 60.6 Å². The van der Waals surface area contributed by atoms with Crippen LogP contribution in [0.3, 0.4) is 0 Å². The second-order valence-electron chi connectivity index (χ2n) is 18.4. The first-order chi connectivity index (χ1) is 36.0. The monoisotopic (exact) mass is 984 g/mol. The molecule has 9 atom stereocenters. The molecule has 2 saturated heterocycles. The van der Waals surface area contributed by atoms with Gasteiger partial charge in [-0.3, -0.25) is 0 Å². The first-order valence-corrected chi connectivity index (χ1v) is 25.0. The summed E-state index contributed by atoms with van der Waals surface area (Å²) in [4.78, 5) is 14.5. The Bertz CT molecular complexity index is 2650. The van der Waals surface area contributed by atoms with Crippen LogP contribution in [0.25, 0.3) is 0 Å². The Labute approximate surface area is 428 Å². The van der Waals surface area contributed by atoms with Crippen LogP contribution in [0.4, 0.5) is 0 Å². The van der Waals surface area contributed by atoms with Gasteiger partial charge >= 0.3 is 5.97 Å². The molecule has 7 aromatic carbocycles. The van der Waals surface area contributed by atoms with Crippen molar-refractivity contribution in [3.8, 4) is 0 Å². The fourth-order valence-corrected chi connectivity index (χ4v) is 9.21. The van der Waals surface area contributed by atoms with Gasteiger partial charge in [0.15, 0.2) is 18.0 Å². The predicted octanol–water partition coefficient (Wildman–Crippen LogP) is 10.8. The standard InChI is InChI=1S/C62H64O11/c1-62(73-56-53(44-64-37-46-23-9-2-10-24-46)71-61(63)59(69-42-51-33-19-7-20-34-51)57(56)67-40-49-29-15-5-16-30-49)60(70-43-52-35-21-8-22-36-52)58(68-41-50-31-17-6-18-32-50)55(66-39-48-27-13-4-14-28-48)54(72-62)45-65-38-47-25-11-3-12-26-47/h2-36,53-60H,37-45H2,1H3/t53-,54-,55-,56-,57+,58+,59-,60-,62-/m1/s1. The van der Waals surface area contributed by atoms with Crippen LogP contribution in [-0.2, 0) is 98.4 Å². The van der Waals surface area contributed by atoms with Crippen molar-refractivity contribution in [1.29, 1.82) is 0 Å². The Balaban J connectivity index is 1.12. The lowest BCUT2D eigenvalue weighted by Crippen LogP contribution is -2.70. The molecule has 11 nitrogen and oxygen atoms in total. The van der Waals surface area contributed by atoms with E-state index in [4.69, 9.17) is 47.4 Å². The number of hydrogen-bond donors (Lipinski definition) is 0. The van der Waals surface area contributed by atoms with Crippen molar-refractivity contribution in [2.45, 2.75) is 108 Å². The Kier molecular flexibility index (Phi) is 18.8. The van der Waals surface area contributed by atoms with E-state index in [0.717, 1.165) is 38.9 Å². The van der Waals surface area contributed by atoms with Crippen LogP contribution < -0.4 is 0 Å². The van der Waals surface area contributed by atoms with Crippen molar-refractivity contribution in [3.63, 3.8) is 0 Å². The van der Waals surface area contributed by atoms with E-state index in [1.165, 1.54) is 0 Å². The number of hydrogen-bond acceptors (Lipinski definition) is 11. The zero-order valence-electron chi connectivity index (χ0n) is 41.2. The lowest BCUT2D eigenvalue weighted by atomic mass is 9.91. The minimum Gasteiger partial charge on any atom is -0.455 e. The molecule has 378 valence electrons. The van der Waals surface area contributed by atoms with Crippen molar-refractivity contribution < 1.29 is 52.2 Å². The van der Waals surface area contributed by atoms with Crippen molar-refractivity contribution >= 4 is 5.97 Å². The summed E-state index contributed by atoms with van der Waals surface area (Å²) in [7, 11) is 0. The number of esters is 1. The highest BCUT2D eigenvalue weighted by molar-refractivity contribution is 5.77. The Morgan fingerprint density at radius 2 is 0.699 bits per heavy atom. The van der Waals surface area contributed by atoms with E-state index >= 15 is 0 Å². The highest BCUT2D eigenvalue weighted by Crippen LogP contribution is 2.41. The minimum atomic E-state index is -1.66. The van der Waals surface area contributed by atoms with Crippen LogP contribution >= 0.6 is 0 Å². The molecule has 0 spiro atoms. The summed E-state index contributed by atoms with van der Waals surface area (Å²) in [5, 5.41) is 0. The van der Waals surface area contributed by atoms with Gasteiger partial charge in [-0.1, -0.05) is 212 Å². The van der Waals surface area contributed by atoms with Crippen LogP contribution in [0, 0.1) is 0 Å². The summed E-state index contributed by atoms with van der Waals surface area (Å²) < 4.78 is 68.9. The molecule has 0 unspecified atom stereocenters. The van der Waals surface area contributed by atoms with Crippen molar-refractivity contribution in [3.05, 3.63) is 251 Å². The van der Waals surface area contributed by atoms with E-state index in [0.29, 0.717) is 6.61 Å². The van der Waals surface area contributed by atoms with Gasteiger partial charge in [0.1, 0.15) is 36.6 Å². The second kappa shape index (κ2) is 26.6. The molecule has 0 radical (unpaired) electrons. The first-order valence-electron chi connectivity index (χ1n) is 25.0. The molecule has 9 rings (SSSR count). The molecule has 0 saturated carbocycles. The van der Waals surface area contributed by atoms with E-state index in [2.05, 4.69) is 0 Å². The lowest BCUT2D eigenvalue weighted by molar-refractivity contribution is -0.399. The van der Waals surface area contributed by atoms with Gasteiger partial charge in [0.05, 0.1) is 59.5 Å². The van der Waals surface area contributed by atoms with E-state index in [-0.39, 0.29) is 52.9 Å². The van der Waals surface area contributed by atoms with E-state index in [9.17, 15) is 4.79 Å². The van der Waals surface area contributed by atoms with Crippen molar-refractivity contribution in [1.82, 2.24) is 0 Å². The average molecular weight is 985 g/mol. The number of cyclic esters (lactones) is 1. The van der Waals surface area contributed by atoms with Gasteiger partial charge in [-0.15, -0.1) is 0 Å². The summed E-state index contributed by atoms with van der Waals surface area (Å²) >= 11 is 0. The highest BCUT2D eigenvalue weighted by Gasteiger charge is 2.59. The van der Waals surface area contributed by atoms with Crippen molar-refractivity contribution in [2.75, 3.05) is 13.2 Å². The molecule has 0 N–H and O–H groups in total. The van der Waals surface area contributed by atoms with Crippen LogP contribution in [0.5, 0.6) is 0 Å². The number of rotatable bonds is 25. The summed E-state index contributed by atoms with van der Waals surface area (Å²) in [5.41, 5.74) is 6.59. The molecular weight excluding hydrogens is 921 g/mol. The van der Waals surface area contributed by atoms with Gasteiger partial charge in [-0.2, -0.15) is 0 Å². The third-order valence-electron chi connectivity index (χ3n) is 12.9. The van der Waals surface area contributed by atoms with Gasteiger partial charge in [0.25, 0.3) is 0 Å². The third-order valence-corrected chi connectivity index (χ3v) is 12.9. The van der Waals surface area contributed by atoms with Crippen LogP contribution in [0.15, 0.2) is 212 Å². The quantitative estimate of drug-likeness (QED) is 0.0511. The number of carbonyl (C=O) groups excluding carboxylic acids is 1. The van der Waals surface area contributed by atoms with Gasteiger partial charge < -0.3 is 47.4 Å². The normalized spacial score (nSPS) is 23.9. The molecule has 2 fully saturated rings. The predicted molar refractivity (Wildman–Crippen MR) is 275 cm³/mol. The zero-order valence-corrected chi connectivity index (χ0v) is 41.2. The average Bonchev–Trinajstić information content (AvgIpc) is 3.44.